The van der Waals surface area contributed by atoms with Gasteiger partial charge in [0.25, 0.3) is 0 Å². The molecule has 0 radical (unpaired) electrons. The Hall–Kier alpha value is -0.130. The molecule has 0 aliphatic carbocycles. The van der Waals surface area contributed by atoms with Gasteiger partial charge < -0.3 is 0 Å². The molecule has 292 valence electrons. The van der Waals surface area contributed by atoms with E-state index in [1.807, 2.05) is 4.72 Å². The number of hydrogen-bond acceptors (Lipinski definition) is 2. The second-order valence-corrected chi connectivity index (χ2v) is 2.21. The lowest BCUT2D eigenvalue weighted by Crippen LogP contribution is -2.21. The third kappa shape index (κ3) is 2910. The van der Waals surface area contributed by atoms with E-state index >= 15 is 0 Å². The fourth-order valence-electron chi connectivity index (χ4n) is 0.182. The van der Waals surface area contributed by atoms with Crippen LogP contribution in [0, 0.1) is 0 Å². The van der Waals surface area contributed by atoms with Gasteiger partial charge in [0, 0.05) is 6.54 Å². The van der Waals surface area contributed by atoms with Crippen LogP contribution in [0.4, 0.5) is 0 Å². The highest BCUT2D eigenvalue weighted by atomic mass is 32.2. The molecule has 0 atom stereocenters. The van der Waals surface area contributed by atoms with E-state index in [9.17, 15) is 8.42 Å². The van der Waals surface area contributed by atoms with Crippen molar-refractivity contribution >= 4 is 10.3 Å². The second-order valence-electron chi connectivity index (χ2n) is 0.973. The second kappa shape index (κ2) is 766. The first kappa shape index (κ1) is 1490. The molecule has 2 N–H and O–H groups in total. The molecule has 0 heterocycles. The highest BCUT2D eigenvalue weighted by Crippen LogP contribution is 1.66. The van der Waals surface area contributed by atoms with E-state index in [1.165, 1.54) is 0 Å². The quantitative estimate of drug-likeness (QED) is 0.301. The maximum absolute atomic E-state index is 9.68. The highest BCUT2D eigenvalue weighted by Gasteiger charge is 1.95. The molecule has 0 spiro atoms. The van der Waals surface area contributed by atoms with Crippen LogP contribution >= 0.6 is 0 Å². The van der Waals surface area contributed by atoms with Crippen LogP contribution in [0.15, 0.2) is 0 Å². The van der Waals surface area contributed by atoms with Crippen LogP contribution in [0.3, 0.4) is 0 Å². The average molecular weight is 622 g/mol. The van der Waals surface area contributed by atoms with Gasteiger partial charge in [0.15, 0.2) is 0 Å². The SMILES string of the molecule is C.C.C.C.C.C.C.C.C.C.C.C.C.C.C.C.C.C.C.C.C.C.C.C.C.C.C.C.C.C.C.CCNS(=O)(=O)O. The summed E-state index contributed by atoms with van der Waals surface area (Å²) in [6.07, 6.45) is 0. The normalized spacial score (nSPS) is 2.16. The van der Waals surface area contributed by atoms with Gasteiger partial charge in [-0.1, -0.05) is 237 Å². The Labute approximate surface area is 271 Å². The molecule has 0 saturated heterocycles. The summed E-state index contributed by atoms with van der Waals surface area (Å²) in [6.45, 7) is 1.80. The van der Waals surface area contributed by atoms with Crippen LogP contribution in [0.2, 0.25) is 0 Å². The first-order chi connectivity index (χ1) is 3.06. The molecule has 0 amide bonds. The van der Waals surface area contributed by atoms with E-state index in [0.29, 0.717) is 0 Å². The monoisotopic (exact) mass is 622 g/mol. The van der Waals surface area contributed by atoms with Crippen molar-refractivity contribution in [2.24, 2.45) is 0 Å². The standard InChI is InChI=1S/C2H7NO3S.31CH4/c1-2-3-7(4,5)6;;;;;;;;;;;;;;;;;;;;;;;;;;;;;;;/h3H,2H2,1H3,(H,4,5,6);31*1H4. The predicted octanol–water partition coefficient (Wildman–Crippen LogP) is 19.1. The molecule has 0 aliphatic heterocycles. The zero-order valence-electron chi connectivity index (χ0n) is 3.88. The van der Waals surface area contributed by atoms with E-state index < -0.39 is 10.3 Å². The number of rotatable bonds is 2. The van der Waals surface area contributed by atoms with Crippen molar-refractivity contribution in [3.63, 3.8) is 0 Å². The summed E-state index contributed by atoms with van der Waals surface area (Å²) in [5.41, 5.74) is 0. The van der Waals surface area contributed by atoms with Crippen LogP contribution < -0.4 is 4.72 Å². The summed E-state index contributed by atoms with van der Waals surface area (Å²) >= 11 is 0. The Morgan fingerprint density at radius 1 is 0.342 bits per heavy atom. The Morgan fingerprint density at radius 2 is 0.421 bits per heavy atom. The molecule has 38 heavy (non-hydrogen) atoms. The lowest BCUT2D eigenvalue weighted by molar-refractivity contribution is 0.469. The van der Waals surface area contributed by atoms with Gasteiger partial charge in [-0.2, -0.15) is 13.1 Å². The van der Waals surface area contributed by atoms with Crippen molar-refractivity contribution in [1.29, 1.82) is 0 Å². The fraction of sp³-hybridized carbons (Fsp3) is 1.00. The number of nitrogens with one attached hydrogen (secondary N) is 1. The minimum Gasteiger partial charge on any atom is -0.273 e. The molecular formula is C33H131NO3S. The summed E-state index contributed by atoms with van der Waals surface area (Å²) in [5.74, 6) is 0. The van der Waals surface area contributed by atoms with Gasteiger partial charge in [-0.05, 0) is 0 Å². The molecule has 0 rings (SSSR count). The van der Waals surface area contributed by atoms with Gasteiger partial charge >= 0.3 is 10.3 Å². The Morgan fingerprint density at radius 3 is 0.421 bits per heavy atom. The minimum absolute atomic E-state index is 0. The lowest BCUT2D eigenvalue weighted by Gasteiger charge is -1.90. The van der Waals surface area contributed by atoms with Crippen LogP contribution in [0.5, 0.6) is 0 Å². The highest BCUT2D eigenvalue weighted by molar-refractivity contribution is 7.83. The lowest BCUT2D eigenvalue weighted by atomic mass is 10.8. The van der Waals surface area contributed by atoms with Crippen molar-refractivity contribution in [3.05, 3.63) is 0 Å². The molecule has 4 nitrogen and oxygen atoms in total. The Balaban J connectivity index is -0.000000000387. The van der Waals surface area contributed by atoms with Crippen molar-refractivity contribution in [1.82, 2.24) is 4.72 Å². The van der Waals surface area contributed by atoms with Crippen LogP contribution in [0.1, 0.15) is 237 Å². The summed E-state index contributed by atoms with van der Waals surface area (Å²) in [7, 11) is -3.92. The molecule has 0 aromatic carbocycles. The molecule has 0 aromatic rings. The Kier molecular flexibility index (Phi) is 30100. The first-order valence-corrected chi connectivity index (χ1v) is 3.22. The molecule has 5 heteroatoms. The van der Waals surface area contributed by atoms with Crippen molar-refractivity contribution in [2.45, 2.75) is 237 Å². The fourth-order valence-corrected chi connectivity index (χ4v) is 0.547. The largest absolute Gasteiger partial charge is 0.333 e. The zero-order valence-corrected chi connectivity index (χ0v) is 4.70. The topological polar surface area (TPSA) is 66.4 Å². The van der Waals surface area contributed by atoms with Gasteiger partial charge in [0.2, 0.25) is 0 Å². The third-order valence-corrected chi connectivity index (χ3v) is 0.980. The summed E-state index contributed by atoms with van der Waals surface area (Å²) < 4.78 is 29.0. The van der Waals surface area contributed by atoms with E-state index in [1.54, 1.807) is 6.92 Å². The molecule has 0 aliphatic rings. The van der Waals surface area contributed by atoms with E-state index in [4.69, 9.17) is 4.55 Å². The zero-order chi connectivity index (χ0) is 5.91. The van der Waals surface area contributed by atoms with Crippen LogP contribution in [-0.4, -0.2) is 19.5 Å². The Bertz CT molecular complexity index is 141. The van der Waals surface area contributed by atoms with Crippen molar-refractivity contribution < 1.29 is 13.0 Å². The van der Waals surface area contributed by atoms with E-state index in [-0.39, 0.29) is 237 Å². The van der Waals surface area contributed by atoms with Gasteiger partial charge in [-0.3, -0.25) is 4.55 Å². The van der Waals surface area contributed by atoms with E-state index in [2.05, 4.69) is 0 Å². The summed E-state index contributed by atoms with van der Waals surface area (Å²) in [4.78, 5) is 0. The van der Waals surface area contributed by atoms with E-state index in [0.717, 1.165) is 0 Å². The van der Waals surface area contributed by atoms with Gasteiger partial charge in [0.05, 0.1) is 0 Å². The molecule has 0 bridgehead atoms. The maximum atomic E-state index is 9.68. The van der Waals surface area contributed by atoms with Crippen molar-refractivity contribution in [2.75, 3.05) is 6.54 Å². The summed E-state index contributed by atoms with van der Waals surface area (Å²) in [5, 5.41) is 0. The molecule has 0 fully saturated rings. The number of hydrogen-bond donors (Lipinski definition) is 2. The molecule has 0 aromatic heterocycles. The molecule has 0 saturated carbocycles. The van der Waals surface area contributed by atoms with Crippen LogP contribution in [-0.2, 0) is 10.3 Å². The summed E-state index contributed by atoms with van der Waals surface area (Å²) in [6, 6.07) is 0. The molecule has 0 unspecified atom stereocenters. The van der Waals surface area contributed by atoms with Crippen LogP contribution in [0.25, 0.3) is 0 Å². The predicted molar refractivity (Wildman–Crippen MR) is 234 cm³/mol. The molecular weight excluding hydrogens is 490 g/mol. The van der Waals surface area contributed by atoms with Crippen molar-refractivity contribution in [3.8, 4) is 0 Å². The third-order valence-electron chi connectivity index (χ3n) is 0.327. The first-order valence-electron chi connectivity index (χ1n) is 1.78. The van der Waals surface area contributed by atoms with Gasteiger partial charge in [-0.25, -0.2) is 0 Å². The maximum Gasteiger partial charge on any atom is 0.333 e. The minimum atomic E-state index is -3.92. The average Bonchev–Trinajstić information content (AvgIpc) is 1.30. The van der Waals surface area contributed by atoms with Gasteiger partial charge in [-0.15, -0.1) is 0 Å². The van der Waals surface area contributed by atoms with Gasteiger partial charge in [0.1, 0.15) is 0 Å². The smallest absolute Gasteiger partial charge is 0.273 e.